The first kappa shape index (κ1) is 18.5. The predicted molar refractivity (Wildman–Crippen MR) is 98.7 cm³/mol. The zero-order valence-electron chi connectivity index (χ0n) is 15.1. The third kappa shape index (κ3) is 2.98. The minimum absolute atomic E-state index is 0.0559. The van der Waals surface area contributed by atoms with E-state index in [1.165, 1.54) is 0 Å². The molecule has 1 N–H and O–H groups in total. The number of aliphatic carboxylic acids is 1. The van der Waals surface area contributed by atoms with Gasteiger partial charge in [-0.1, -0.05) is 37.6 Å². The Labute approximate surface area is 157 Å². The summed E-state index contributed by atoms with van der Waals surface area (Å²) in [6, 6.07) is 7.27. The molecule has 0 aliphatic carbocycles. The van der Waals surface area contributed by atoms with Gasteiger partial charge in [0.05, 0.1) is 16.1 Å². The van der Waals surface area contributed by atoms with E-state index in [1.807, 2.05) is 39.0 Å². The normalized spacial score (nSPS) is 20.0. The Morgan fingerprint density at radius 3 is 2.58 bits per heavy atom. The first-order valence-corrected chi connectivity index (χ1v) is 8.98. The van der Waals surface area contributed by atoms with Crippen LogP contribution in [0.4, 0.5) is 0 Å². The molecular weight excluding hydrogens is 354 g/mol. The Morgan fingerprint density at radius 2 is 2.00 bits per heavy atom. The summed E-state index contributed by atoms with van der Waals surface area (Å²) in [5.41, 5.74) is 0.858. The third-order valence-corrected chi connectivity index (χ3v) is 5.64. The van der Waals surface area contributed by atoms with Gasteiger partial charge in [-0.25, -0.2) is 4.68 Å². The number of benzene rings is 1. The van der Waals surface area contributed by atoms with Crippen molar-refractivity contribution in [3.05, 3.63) is 46.7 Å². The molecular formula is C19H22ClN3O3. The lowest BCUT2D eigenvalue weighted by Crippen LogP contribution is -2.40. The van der Waals surface area contributed by atoms with Crippen molar-refractivity contribution in [1.82, 2.24) is 14.7 Å². The highest BCUT2D eigenvalue weighted by atomic mass is 35.5. The Balaban J connectivity index is 1.88. The topological polar surface area (TPSA) is 75.4 Å². The fraction of sp³-hybridized carbons (Fsp3) is 0.421. The number of hydrogen-bond donors (Lipinski definition) is 1. The van der Waals surface area contributed by atoms with Crippen LogP contribution in [0, 0.1) is 18.3 Å². The van der Waals surface area contributed by atoms with Gasteiger partial charge in [-0.2, -0.15) is 5.10 Å². The van der Waals surface area contributed by atoms with Crippen LogP contribution >= 0.6 is 11.6 Å². The van der Waals surface area contributed by atoms with Gasteiger partial charge in [0, 0.05) is 24.8 Å². The van der Waals surface area contributed by atoms with Gasteiger partial charge in [0.25, 0.3) is 5.91 Å². The summed E-state index contributed by atoms with van der Waals surface area (Å²) in [5, 5.41) is 14.6. The molecule has 1 atom stereocenters. The molecule has 26 heavy (non-hydrogen) atoms. The number of nitrogens with zero attached hydrogens (tertiary/aromatic N) is 3. The largest absolute Gasteiger partial charge is 0.481 e. The highest BCUT2D eigenvalue weighted by molar-refractivity contribution is 6.32. The fourth-order valence-corrected chi connectivity index (χ4v) is 3.70. The highest BCUT2D eigenvalue weighted by Crippen LogP contribution is 2.38. The maximum Gasteiger partial charge on any atom is 0.311 e. The van der Waals surface area contributed by atoms with E-state index >= 15 is 0 Å². The molecule has 0 bridgehead atoms. The summed E-state index contributed by atoms with van der Waals surface area (Å²) in [4.78, 5) is 26.3. The van der Waals surface area contributed by atoms with Crippen molar-refractivity contribution in [3.63, 3.8) is 0 Å². The standard InChI is InChI=1S/C19H22ClN3O3/c1-12(2)19(18(25)26)8-9-22(11-19)17(24)16-13(3)10-23(21-16)15-7-5-4-6-14(15)20/h4-7,10,12H,8-9,11H2,1-3H3,(H,25,26). The molecule has 2 heterocycles. The number of aryl methyl sites for hydroxylation is 1. The van der Waals surface area contributed by atoms with Crippen molar-refractivity contribution >= 4 is 23.5 Å². The molecule has 1 unspecified atom stereocenters. The second-order valence-electron chi connectivity index (χ2n) is 7.15. The number of hydrogen-bond acceptors (Lipinski definition) is 3. The van der Waals surface area contributed by atoms with E-state index in [1.54, 1.807) is 21.8 Å². The smallest absolute Gasteiger partial charge is 0.311 e. The molecule has 7 heteroatoms. The Hall–Kier alpha value is -2.34. The molecule has 3 rings (SSSR count). The van der Waals surface area contributed by atoms with Crippen LogP contribution in [-0.2, 0) is 4.79 Å². The van der Waals surface area contributed by atoms with Crippen LogP contribution in [0.25, 0.3) is 5.69 Å². The Kier molecular flexibility index (Phi) is 4.80. The van der Waals surface area contributed by atoms with E-state index in [0.717, 1.165) is 5.56 Å². The van der Waals surface area contributed by atoms with Crippen molar-refractivity contribution in [1.29, 1.82) is 0 Å². The molecule has 138 valence electrons. The molecule has 0 radical (unpaired) electrons. The number of likely N-dealkylation sites (tertiary alicyclic amines) is 1. The minimum Gasteiger partial charge on any atom is -0.481 e. The van der Waals surface area contributed by atoms with Crippen LogP contribution in [0.5, 0.6) is 0 Å². The van der Waals surface area contributed by atoms with Crippen molar-refractivity contribution in [2.24, 2.45) is 11.3 Å². The number of amides is 1. The van der Waals surface area contributed by atoms with E-state index in [0.29, 0.717) is 29.4 Å². The van der Waals surface area contributed by atoms with E-state index in [-0.39, 0.29) is 18.4 Å². The molecule has 1 aliphatic rings. The van der Waals surface area contributed by atoms with Crippen molar-refractivity contribution in [2.75, 3.05) is 13.1 Å². The van der Waals surface area contributed by atoms with Crippen LogP contribution in [0.15, 0.2) is 30.5 Å². The number of carbonyl (C=O) groups excluding carboxylic acids is 1. The summed E-state index contributed by atoms with van der Waals surface area (Å²) < 4.78 is 1.59. The summed E-state index contributed by atoms with van der Waals surface area (Å²) in [6.45, 7) is 6.22. The molecule has 1 aliphatic heterocycles. The number of halogens is 1. The van der Waals surface area contributed by atoms with Crippen molar-refractivity contribution < 1.29 is 14.7 Å². The summed E-state index contributed by atoms with van der Waals surface area (Å²) >= 11 is 6.21. The monoisotopic (exact) mass is 375 g/mol. The number of aromatic nitrogens is 2. The maximum absolute atomic E-state index is 13.0. The molecule has 1 amide bonds. The number of rotatable bonds is 4. The fourth-order valence-electron chi connectivity index (χ4n) is 3.48. The molecule has 0 spiro atoms. The van der Waals surface area contributed by atoms with Crippen molar-refractivity contribution in [3.8, 4) is 5.69 Å². The quantitative estimate of drug-likeness (QED) is 0.888. The Bertz CT molecular complexity index is 861. The first-order chi connectivity index (χ1) is 12.3. The second-order valence-corrected chi connectivity index (χ2v) is 7.56. The van der Waals surface area contributed by atoms with Gasteiger partial charge in [-0.05, 0) is 31.4 Å². The minimum atomic E-state index is -0.894. The van der Waals surface area contributed by atoms with Crippen LogP contribution in [0.2, 0.25) is 5.02 Å². The van der Waals surface area contributed by atoms with E-state index in [9.17, 15) is 14.7 Å². The summed E-state index contributed by atoms with van der Waals surface area (Å²) in [6.07, 6.45) is 2.22. The second kappa shape index (κ2) is 6.76. The molecule has 6 nitrogen and oxygen atoms in total. The molecule has 1 aromatic carbocycles. The third-order valence-electron chi connectivity index (χ3n) is 5.32. The van der Waals surface area contributed by atoms with Gasteiger partial charge < -0.3 is 10.0 Å². The van der Waals surface area contributed by atoms with Gasteiger partial charge >= 0.3 is 5.97 Å². The van der Waals surface area contributed by atoms with Crippen molar-refractivity contribution in [2.45, 2.75) is 27.2 Å². The lowest BCUT2D eigenvalue weighted by atomic mass is 9.76. The SMILES string of the molecule is Cc1cn(-c2ccccc2Cl)nc1C(=O)N1CCC(C(=O)O)(C(C)C)C1. The molecule has 1 aromatic heterocycles. The van der Waals surface area contributed by atoms with E-state index in [4.69, 9.17) is 11.6 Å². The predicted octanol–water partition coefficient (Wildman–Crippen LogP) is 3.41. The molecule has 2 aromatic rings. The first-order valence-electron chi connectivity index (χ1n) is 8.60. The van der Waals surface area contributed by atoms with Crippen LogP contribution in [0.1, 0.15) is 36.3 Å². The highest BCUT2D eigenvalue weighted by Gasteiger charge is 2.48. The molecule has 1 fully saturated rings. The number of carboxylic acid groups (broad SMARTS) is 1. The maximum atomic E-state index is 13.0. The van der Waals surface area contributed by atoms with Gasteiger partial charge in [0.2, 0.25) is 0 Å². The number of carbonyl (C=O) groups is 2. The zero-order chi connectivity index (χ0) is 19.1. The summed E-state index contributed by atoms with van der Waals surface area (Å²) in [5.74, 6) is -1.14. The summed E-state index contributed by atoms with van der Waals surface area (Å²) in [7, 11) is 0. The van der Waals surface area contributed by atoms with Gasteiger partial charge in [0.1, 0.15) is 0 Å². The van der Waals surface area contributed by atoms with Gasteiger partial charge in [-0.3, -0.25) is 9.59 Å². The Morgan fingerprint density at radius 1 is 1.31 bits per heavy atom. The molecule has 0 saturated carbocycles. The van der Waals surface area contributed by atoms with E-state index in [2.05, 4.69) is 5.10 Å². The van der Waals surface area contributed by atoms with Crippen LogP contribution in [0.3, 0.4) is 0 Å². The lowest BCUT2D eigenvalue weighted by Gasteiger charge is -2.28. The van der Waals surface area contributed by atoms with Gasteiger partial charge in [-0.15, -0.1) is 0 Å². The zero-order valence-corrected chi connectivity index (χ0v) is 15.8. The van der Waals surface area contributed by atoms with Gasteiger partial charge in [0.15, 0.2) is 5.69 Å². The number of para-hydroxylation sites is 1. The average Bonchev–Trinajstić information content (AvgIpc) is 3.20. The van der Waals surface area contributed by atoms with Crippen LogP contribution in [-0.4, -0.2) is 44.8 Å². The number of carboxylic acids is 1. The lowest BCUT2D eigenvalue weighted by molar-refractivity contribution is -0.150. The molecule has 1 saturated heterocycles. The van der Waals surface area contributed by atoms with Crippen LogP contribution < -0.4 is 0 Å². The average molecular weight is 376 g/mol. The van der Waals surface area contributed by atoms with E-state index < -0.39 is 11.4 Å².